The normalized spacial score (nSPS) is 13.6. The van der Waals surface area contributed by atoms with Gasteiger partial charge in [-0.2, -0.15) is 0 Å². The maximum Gasteiger partial charge on any atom is 0.220 e. The van der Waals surface area contributed by atoms with Crippen LogP contribution in [-0.4, -0.2) is 34.9 Å². The van der Waals surface area contributed by atoms with Crippen molar-refractivity contribution in [2.24, 2.45) is 0 Å². The van der Waals surface area contributed by atoms with E-state index in [9.17, 15) is 15.0 Å². The smallest absolute Gasteiger partial charge is 0.220 e. The zero-order chi connectivity index (χ0) is 32.9. The maximum absolute atomic E-state index is 12.3. The molecule has 0 aromatic rings. The van der Waals surface area contributed by atoms with Crippen LogP contribution in [0.3, 0.4) is 0 Å². The average molecular weight is 630 g/mol. The second kappa shape index (κ2) is 36.8. The average Bonchev–Trinajstić information content (AvgIpc) is 3.04. The molecule has 4 heteroatoms. The summed E-state index contributed by atoms with van der Waals surface area (Å²) < 4.78 is 0. The molecule has 0 unspecified atom stereocenters. The molecular weight excluding hydrogens is 554 g/mol. The lowest BCUT2D eigenvalue weighted by molar-refractivity contribution is -0.123. The number of unbranched alkanes of at least 4 members (excludes halogenated alkanes) is 19. The molecule has 0 aromatic carbocycles. The molecule has 3 N–H and O–H groups in total. The van der Waals surface area contributed by atoms with Gasteiger partial charge in [0.15, 0.2) is 0 Å². The highest BCUT2D eigenvalue weighted by Gasteiger charge is 2.19. The number of carbonyl (C=O) groups is 1. The van der Waals surface area contributed by atoms with Crippen molar-refractivity contribution >= 4 is 5.91 Å². The minimum Gasteiger partial charge on any atom is -0.394 e. The summed E-state index contributed by atoms with van der Waals surface area (Å²) in [5.74, 6) is -0.0875. The third kappa shape index (κ3) is 33.5. The molecule has 0 aliphatic heterocycles. The number of hydrogen-bond donors (Lipinski definition) is 3. The zero-order valence-electron chi connectivity index (χ0n) is 29.9. The Morgan fingerprint density at radius 1 is 0.533 bits per heavy atom. The van der Waals surface area contributed by atoms with Gasteiger partial charge in [0.25, 0.3) is 0 Å². The number of aliphatic hydroxyl groups excluding tert-OH is 2. The summed E-state index contributed by atoms with van der Waals surface area (Å²) in [4.78, 5) is 12.3. The lowest BCUT2D eigenvalue weighted by atomic mass is 10.0. The van der Waals surface area contributed by atoms with Crippen molar-refractivity contribution in [3.05, 3.63) is 48.6 Å². The molecular formula is C41H75NO3. The summed E-state index contributed by atoms with van der Waals surface area (Å²) in [6.07, 6.45) is 48.9. The number of amides is 1. The first-order valence-electron chi connectivity index (χ1n) is 19.3. The van der Waals surface area contributed by atoms with Gasteiger partial charge in [0.1, 0.15) is 0 Å². The molecule has 0 heterocycles. The summed E-state index contributed by atoms with van der Waals surface area (Å²) in [5, 5.41) is 23.0. The Kier molecular flexibility index (Phi) is 35.5. The lowest BCUT2D eigenvalue weighted by Gasteiger charge is -2.22. The third-order valence-electron chi connectivity index (χ3n) is 8.59. The van der Waals surface area contributed by atoms with E-state index in [0.717, 1.165) is 44.9 Å². The molecule has 45 heavy (non-hydrogen) atoms. The van der Waals surface area contributed by atoms with Crippen LogP contribution in [0.25, 0.3) is 0 Å². The fourth-order valence-electron chi connectivity index (χ4n) is 5.59. The largest absolute Gasteiger partial charge is 0.394 e. The van der Waals surface area contributed by atoms with Crippen LogP contribution in [0.15, 0.2) is 48.6 Å². The van der Waals surface area contributed by atoms with Crippen LogP contribution >= 0.6 is 0 Å². The van der Waals surface area contributed by atoms with Crippen molar-refractivity contribution in [1.82, 2.24) is 5.32 Å². The summed E-state index contributed by atoms with van der Waals surface area (Å²) in [5.41, 5.74) is 0. The van der Waals surface area contributed by atoms with E-state index >= 15 is 0 Å². The molecule has 2 atom stereocenters. The molecule has 262 valence electrons. The van der Waals surface area contributed by atoms with Crippen LogP contribution in [-0.2, 0) is 4.79 Å². The first kappa shape index (κ1) is 43.4. The fraction of sp³-hybridized carbons (Fsp3) is 0.780. The first-order chi connectivity index (χ1) is 22.2. The minimum absolute atomic E-state index is 0.0875. The van der Waals surface area contributed by atoms with Crippen LogP contribution < -0.4 is 5.32 Å². The van der Waals surface area contributed by atoms with Crippen molar-refractivity contribution in [2.45, 2.75) is 199 Å². The van der Waals surface area contributed by atoms with Crippen LogP contribution in [0.4, 0.5) is 0 Å². The molecule has 0 aromatic heterocycles. The fourth-order valence-corrected chi connectivity index (χ4v) is 5.59. The highest BCUT2D eigenvalue weighted by molar-refractivity contribution is 5.76. The highest BCUT2D eigenvalue weighted by Crippen LogP contribution is 2.14. The summed E-state index contributed by atoms with van der Waals surface area (Å²) in [6.45, 7) is 4.31. The molecule has 0 fully saturated rings. The molecule has 0 radical (unpaired) electrons. The van der Waals surface area contributed by atoms with Crippen molar-refractivity contribution in [3.63, 3.8) is 0 Å². The molecule has 1 amide bonds. The van der Waals surface area contributed by atoms with E-state index in [2.05, 4.69) is 67.8 Å². The topological polar surface area (TPSA) is 69.6 Å². The molecule has 0 saturated heterocycles. The van der Waals surface area contributed by atoms with E-state index in [-0.39, 0.29) is 12.5 Å². The Morgan fingerprint density at radius 3 is 1.36 bits per heavy atom. The highest BCUT2D eigenvalue weighted by atomic mass is 16.3. The number of allylic oxidation sites excluding steroid dienone is 8. The van der Waals surface area contributed by atoms with E-state index < -0.39 is 12.1 Å². The van der Waals surface area contributed by atoms with Gasteiger partial charge in [0, 0.05) is 6.42 Å². The Hall–Kier alpha value is -1.65. The molecule has 0 aliphatic carbocycles. The van der Waals surface area contributed by atoms with Gasteiger partial charge in [-0.1, -0.05) is 178 Å². The van der Waals surface area contributed by atoms with Crippen LogP contribution in [0.2, 0.25) is 0 Å². The predicted octanol–water partition coefficient (Wildman–Crippen LogP) is 11.6. The number of hydrogen-bond acceptors (Lipinski definition) is 3. The van der Waals surface area contributed by atoms with E-state index in [1.54, 1.807) is 0 Å². The van der Waals surface area contributed by atoms with Gasteiger partial charge < -0.3 is 15.5 Å². The minimum atomic E-state index is -0.681. The van der Waals surface area contributed by atoms with E-state index in [0.29, 0.717) is 12.8 Å². The molecule has 0 aliphatic rings. The molecule has 0 bridgehead atoms. The van der Waals surface area contributed by atoms with Gasteiger partial charge in [-0.3, -0.25) is 4.79 Å². The number of carbonyl (C=O) groups excluding carboxylic acids is 1. The summed E-state index contributed by atoms with van der Waals surface area (Å²) >= 11 is 0. The lowest BCUT2D eigenvalue weighted by Crippen LogP contribution is -2.45. The monoisotopic (exact) mass is 630 g/mol. The van der Waals surface area contributed by atoms with Crippen molar-refractivity contribution < 1.29 is 15.0 Å². The Bertz CT molecular complexity index is 726. The maximum atomic E-state index is 12.3. The number of nitrogens with one attached hydrogen (secondary N) is 1. The summed E-state index contributed by atoms with van der Waals surface area (Å²) in [6, 6.07) is -0.564. The quantitative estimate of drug-likeness (QED) is 0.0490. The Labute approximate surface area is 280 Å². The van der Waals surface area contributed by atoms with Crippen molar-refractivity contribution in [3.8, 4) is 0 Å². The molecule has 0 spiro atoms. The Morgan fingerprint density at radius 2 is 0.911 bits per heavy atom. The molecule has 0 rings (SSSR count). The van der Waals surface area contributed by atoms with Gasteiger partial charge in [-0.05, 0) is 51.4 Å². The second-order valence-corrected chi connectivity index (χ2v) is 13.0. The zero-order valence-corrected chi connectivity index (χ0v) is 29.9. The van der Waals surface area contributed by atoms with Crippen LogP contribution in [0.5, 0.6) is 0 Å². The van der Waals surface area contributed by atoms with Gasteiger partial charge in [0.05, 0.1) is 18.8 Å². The van der Waals surface area contributed by atoms with Crippen LogP contribution in [0.1, 0.15) is 187 Å². The van der Waals surface area contributed by atoms with E-state index in [1.165, 1.54) is 116 Å². The van der Waals surface area contributed by atoms with Gasteiger partial charge >= 0.3 is 0 Å². The Balaban J connectivity index is 3.70. The number of aliphatic hydroxyl groups is 2. The SMILES string of the molecule is CCCCCCCCC/C=C/C/C=C/C/C=C/C/C=C/CCCC(=O)N[C@@H](CO)[C@H](O)CCCCCCCCCCCCCC. The molecule has 0 saturated carbocycles. The summed E-state index contributed by atoms with van der Waals surface area (Å²) in [7, 11) is 0. The van der Waals surface area contributed by atoms with Gasteiger partial charge in [-0.25, -0.2) is 0 Å². The number of rotatable bonds is 34. The van der Waals surface area contributed by atoms with E-state index in [4.69, 9.17) is 0 Å². The standard InChI is InChI=1S/C41H75NO3/c1-3-5-7-9-11-13-15-17-18-19-20-21-22-23-24-25-27-29-31-33-35-37-41(45)42-39(38-43)40(44)36-34-32-30-28-26-16-14-12-10-8-6-4-2/h18-19,21-22,24-25,29,31,39-40,43-44H,3-17,20,23,26-28,30,32-38H2,1-2H3,(H,42,45)/b19-18+,22-21+,25-24+,31-29+/t39-,40+/m0/s1. The first-order valence-corrected chi connectivity index (χ1v) is 19.3. The van der Waals surface area contributed by atoms with Gasteiger partial charge in [-0.15, -0.1) is 0 Å². The third-order valence-corrected chi connectivity index (χ3v) is 8.59. The predicted molar refractivity (Wildman–Crippen MR) is 198 cm³/mol. The second-order valence-electron chi connectivity index (χ2n) is 13.0. The van der Waals surface area contributed by atoms with Crippen LogP contribution in [0, 0.1) is 0 Å². The van der Waals surface area contributed by atoms with Gasteiger partial charge in [0.2, 0.25) is 5.91 Å². The van der Waals surface area contributed by atoms with E-state index in [1.807, 2.05) is 0 Å². The van der Waals surface area contributed by atoms with Crippen molar-refractivity contribution in [1.29, 1.82) is 0 Å². The molecule has 4 nitrogen and oxygen atoms in total. The van der Waals surface area contributed by atoms with Crippen molar-refractivity contribution in [2.75, 3.05) is 6.61 Å².